The third-order valence-electron chi connectivity index (χ3n) is 3.29. The van der Waals surface area contributed by atoms with Crippen LogP contribution in [0.15, 0.2) is 18.2 Å². The summed E-state index contributed by atoms with van der Waals surface area (Å²) in [5.41, 5.74) is 0.699. The van der Waals surface area contributed by atoms with Crippen molar-refractivity contribution in [1.82, 2.24) is 5.32 Å². The molecule has 0 spiro atoms. The molecule has 0 aromatic heterocycles. The quantitative estimate of drug-likeness (QED) is 0.928. The zero-order valence-electron chi connectivity index (χ0n) is 9.99. The van der Waals surface area contributed by atoms with E-state index in [1.54, 1.807) is 13.1 Å². The Labute approximate surface area is 111 Å². The highest BCUT2D eigenvalue weighted by Gasteiger charge is 2.33. The number of hydrogen-bond donors (Lipinski definition) is 1. The molecule has 0 saturated carbocycles. The van der Waals surface area contributed by atoms with E-state index in [-0.39, 0.29) is 23.5 Å². The van der Waals surface area contributed by atoms with Gasteiger partial charge in [0.25, 0.3) is 0 Å². The molecular weight excluding hydrogens is 277 g/mol. The van der Waals surface area contributed by atoms with Crippen LogP contribution in [0.1, 0.15) is 18.0 Å². The number of nitrogens with one attached hydrogen (secondary N) is 1. The summed E-state index contributed by atoms with van der Waals surface area (Å²) < 4.78 is 36.3. The second kappa shape index (κ2) is 5.15. The Kier molecular flexibility index (Phi) is 3.94. The summed E-state index contributed by atoms with van der Waals surface area (Å²) >= 11 is 5.83. The molecule has 1 fully saturated rings. The fourth-order valence-electron chi connectivity index (χ4n) is 2.52. The fourth-order valence-corrected chi connectivity index (χ4v) is 4.59. The third kappa shape index (κ3) is 3.02. The van der Waals surface area contributed by atoms with Crippen molar-refractivity contribution >= 4 is 21.4 Å². The van der Waals surface area contributed by atoms with Gasteiger partial charge in [-0.25, -0.2) is 12.8 Å². The molecule has 2 unspecified atom stereocenters. The Hall–Kier alpha value is -0.650. The molecule has 18 heavy (non-hydrogen) atoms. The summed E-state index contributed by atoms with van der Waals surface area (Å²) in [6.45, 7) is 0. The maximum Gasteiger partial charge on any atom is 0.150 e. The van der Waals surface area contributed by atoms with Crippen LogP contribution in [-0.4, -0.2) is 27.0 Å². The molecule has 0 bridgehead atoms. The van der Waals surface area contributed by atoms with E-state index >= 15 is 0 Å². The van der Waals surface area contributed by atoms with Gasteiger partial charge in [0, 0.05) is 11.1 Å². The van der Waals surface area contributed by atoms with Crippen LogP contribution in [-0.2, 0) is 9.84 Å². The minimum atomic E-state index is -2.95. The lowest BCUT2D eigenvalue weighted by atomic mass is 9.92. The molecule has 1 heterocycles. The number of sulfone groups is 1. The van der Waals surface area contributed by atoms with Gasteiger partial charge in [-0.15, -0.1) is 0 Å². The van der Waals surface area contributed by atoms with Crippen molar-refractivity contribution in [2.24, 2.45) is 5.92 Å². The number of rotatable bonds is 3. The molecule has 100 valence electrons. The first-order chi connectivity index (χ1) is 8.41. The van der Waals surface area contributed by atoms with Gasteiger partial charge in [0.1, 0.15) is 5.82 Å². The zero-order valence-corrected chi connectivity index (χ0v) is 11.6. The van der Waals surface area contributed by atoms with Crippen molar-refractivity contribution in [3.05, 3.63) is 34.6 Å². The standard InChI is InChI=1S/C12H15ClFNO2S/c1-15-12(8-2-3-18(16,17)7-8)9-4-10(13)6-11(14)5-9/h4-6,8,12,15H,2-3,7H2,1H3. The van der Waals surface area contributed by atoms with Gasteiger partial charge < -0.3 is 5.32 Å². The van der Waals surface area contributed by atoms with E-state index in [1.807, 2.05) is 0 Å². The van der Waals surface area contributed by atoms with Gasteiger partial charge in [0.2, 0.25) is 0 Å². The van der Waals surface area contributed by atoms with Crippen molar-refractivity contribution in [3.63, 3.8) is 0 Å². The predicted molar refractivity (Wildman–Crippen MR) is 70.0 cm³/mol. The van der Waals surface area contributed by atoms with Crippen LogP contribution in [0.4, 0.5) is 4.39 Å². The average Bonchev–Trinajstić information content (AvgIpc) is 2.58. The van der Waals surface area contributed by atoms with E-state index < -0.39 is 15.7 Å². The molecular formula is C12H15ClFNO2S. The molecule has 1 saturated heterocycles. The first-order valence-electron chi connectivity index (χ1n) is 5.75. The summed E-state index contributed by atoms with van der Waals surface area (Å²) in [4.78, 5) is 0. The van der Waals surface area contributed by atoms with E-state index in [9.17, 15) is 12.8 Å². The highest BCUT2D eigenvalue weighted by Crippen LogP contribution is 2.32. The monoisotopic (exact) mass is 291 g/mol. The molecule has 0 aliphatic carbocycles. The van der Waals surface area contributed by atoms with E-state index in [0.717, 1.165) is 0 Å². The predicted octanol–water partition coefficient (Wildman–Crippen LogP) is 2.17. The van der Waals surface area contributed by atoms with Gasteiger partial charge in [-0.05, 0) is 43.1 Å². The molecule has 3 nitrogen and oxygen atoms in total. The van der Waals surface area contributed by atoms with E-state index in [4.69, 9.17) is 11.6 Å². The van der Waals surface area contributed by atoms with Crippen LogP contribution in [0.2, 0.25) is 5.02 Å². The zero-order chi connectivity index (χ0) is 13.3. The summed E-state index contributed by atoms with van der Waals surface area (Å²) in [6.07, 6.45) is 0.599. The highest BCUT2D eigenvalue weighted by molar-refractivity contribution is 7.91. The molecule has 6 heteroatoms. The smallest absolute Gasteiger partial charge is 0.150 e. The molecule has 0 amide bonds. The Balaban J connectivity index is 2.28. The normalized spacial score (nSPS) is 24.1. The Morgan fingerprint density at radius 1 is 1.44 bits per heavy atom. The minimum Gasteiger partial charge on any atom is -0.313 e. The van der Waals surface area contributed by atoms with Crippen molar-refractivity contribution in [2.45, 2.75) is 12.5 Å². The van der Waals surface area contributed by atoms with Crippen LogP contribution in [0.3, 0.4) is 0 Å². The second-order valence-electron chi connectivity index (χ2n) is 4.63. The lowest BCUT2D eigenvalue weighted by molar-refractivity contribution is 0.417. The van der Waals surface area contributed by atoms with Gasteiger partial charge >= 0.3 is 0 Å². The van der Waals surface area contributed by atoms with Crippen LogP contribution in [0, 0.1) is 11.7 Å². The summed E-state index contributed by atoms with van der Waals surface area (Å²) in [5, 5.41) is 3.39. The van der Waals surface area contributed by atoms with Crippen LogP contribution < -0.4 is 5.32 Å². The molecule has 2 rings (SSSR count). The number of hydrogen-bond acceptors (Lipinski definition) is 3. The molecule has 1 aliphatic rings. The maximum atomic E-state index is 13.3. The lowest BCUT2D eigenvalue weighted by Gasteiger charge is -2.22. The Morgan fingerprint density at radius 3 is 2.67 bits per heavy atom. The van der Waals surface area contributed by atoms with Gasteiger partial charge in [-0.1, -0.05) is 11.6 Å². The molecule has 1 aliphatic heterocycles. The molecule has 1 aromatic rings. The van der Waals surface area contributed by atoms with Crippen molar-refractivity contribution in [2.75, 3.05) is 18.6 Å². The fraction of sp³-hybridized carbons (Fsp3) is 0.500. The maximum absolute atomic E-state index is 13.3. The van der Waals surface area contributed by atoms with Gasteiger partial charge in [0.15, 0.2) is 9.84 Å². The van der Waals surface area contributed by atoms with Crippen molar-refractivity contribution in [1.29, 1.82) is 0 Å². The van der Waals surface area contributed by atoms with Gasteiger partial charge in [0.05, 0.1) is 11.5 Å². The van der Waals surface area contributed by atoms with Crippen LogP contribution in [0.25, 0.3) is 0 Å². The van der Waals surface area contributed by atoms with E-state index in [1.165, 1.54) is 12.1 Å². The van der Waals surface area contributed by atoms with Crippen LogP contribution in [0.5, 0.6) is 0 Å². The topological polar surface area (TPSA) is 46.2 Å². The van der Waals surface area contributed by atoms with Gasteiger partial charge in [-0.3, -0.25) is 0 Å². The van der Waals surface area contributed by atoms with Crippen molar-refractivity contribution in [3.8, 4) is 0 Å². The summed E-state index contributed by atoms with van der Waals surface area (Å²) in [6, 6.07) is 4.13. The Bertz CT molecular complexity index is 527. The van der Waals surface area contributed by atoms with E-state index in [0.29, 0.717) is 17.0 Å². The lowest BCUT2D eigenvalue weighted by Crippen LogP contribution is -2.26. The Morgan fingerprint density at radius 2 is 2.17 bits per heavy atom. The summed E-state index contributed by atoms with van der Waals surface area (Å²) in [7, 11) is -1.20. The number of halogens is 2. The van der Waals surface area contributed by atoms with E-state index in [2.05, 4.69) is 5.32 Å². The molecule has 1 N–H and O–H groups in total. The van der Waals surface area contributed by atoms with Crippen molar-refractivity contribution < 1.29 is 12.8 Å². The first-order valence-corrected chi connectivity index (χ1v) is 7.95. The van der Waals surface area contributed by atoms with Gasteiger partial charge in [-0.2, -0.15) is 0 Å². The average molecular weight is 292 g/mol. The highest BCUT2D eigenvalue weighted by atomic mass is 35.5. The minimum absolute atomic E-state index is 0.0298. The third-order valence-corrected chi connectivity index (χ3v) is 5.31. The second-order valence-corrected chi connectivity index (χ2v) is 7.30. The molecule has 1 aromatic carbocycles. The SMILES string of the molecule is CNC(c1cc(F)cc(Cl)c1)C1CCS(=O)(=O)C1. The molecule has 2 atom stereocenters. The molecule has 0 radical (unpaired) electrons. The van der Waals surface area contributed by atoms with Crippen LogP contribution >= 0.6 is 11.6 Å². The summed E-state index contributed by atoms with van der Waals surface area (Å²) in [5.74, 6) is -0.0811. The first kappa shape index (κ1) is 13.8. The largest absolute Gasteiger partial charge is 0.313 e. The number of benzene rings is 1.